The van der Waals surface area contributed by atoms with Crippen LogP contribution in [0.1, 0.15) is 25.8 Å². The Labute approximate surface area is 147 Å². The van der Waals surface area contributed by atoms with Crippen molar-refractivity contribution in [2.75, 3.05) is 19.6 Å². The Morgan fingerprint density at radius 1 is 1.32 bits per heavy atom. The maximum Gasteiger partial charge on any atom is 0.323 e. The molecule has 0 saturated carbocycles. The van der Waals surface area contributed by atoms with Crippen LogP contribution in [0.5, 0.6) is 0 Å². The molecule has 1 atom stereocenters. The molecule has 2 rings (SSSR count). The topological polar surface area (TPSA) is 90.0 Å². The summed E-state index contributed by atoms with van der Waals surface area (Å²) < 4.78 is 0. The molecule has 25 heavy (non-hydrogen) atoms. The first kappa shape index (κ1) is 18.9. The Morgan fingerprint density at radius 3 is 2.60 bits per heavy atom. The van der Waals surface area contributed by atoms with Gasteiger partial charge >= 0.3 is 5.97 Å². The Balaban J connectivity index is 2.12. The number of rotatable bonds is 7. The molecular formula is C18H25N3O4. The number of aliphatic carboxylic acids is 1. The van der Waals surface area contributed by atoms with Crippen LogP contribution in [0.25, 0.3) is 0 Å². The van der Waals surface area contributed by atoms with Crippen LogP contribution >= 0.6 is 0 Å². The van der Waals surface area contributed by atoms with Crippen molar-refractivity contribution in [2.24, 2.45) is 0 Å². The summed E-state index contributed by atoms with van der Waals surface area (Å²) in [5, 5.41) is 11.9. The number of amides is 2. The van der Waals surface area contributed by atoms with Gasteiger partial charge in [0.15, 0.2) is 0 Å². The molecule has 1 fully saturated rings. The molecule has 1 aliphatic heterocycles. The van der Waals surface area contributed by atoms with Gasteiger partial charge in [0.25, 0.3) is 0 Å². The quantitative estimate of drug-likeness (QED) is 0.758. The van der Waals surface area contributed by atoms with Crippen LogP contribution in [0.2, 0.25) is 0 Å². The second-order valence-corrected chi connectivity index (χ2v) is 6.47. The van der Waals surface area contributed by atoms with Crippen LogP contribution in [0.4, 0.5) is 0 Å². The highest BCUT2D eigenvalue weighted by atomic mass is 16.4. The van der Waals surface area contributed by atoms with Crippen molar-refractivity contribution in [1.29, 1.82) is 0 Å². The average molecular weight is 347 g/mol. The van der Waals surface area contributed by atoms with E-state index in [1.807, 2.05) is 49.1 Å². The number of piperazine rings is 1. The smallest absolute Gasteiger partial charge is 0.323 e. The summed E-state index contributed by atoms with van der Waals surface area (Å²) in [6.45, 7) is 5.03. The highest BCUT2D eigenvalue weighted by molar-refractivity contribution is 5.90. The summed E-state index contributed by atoms with van der Waals surface area (Å²) in [6.07, 6.45) is -0.0237. The van der Waals surface area contributed by atoms with Crippen LogP contribution in [0.15, 0.2) is 30.3 Å². The third-order valence-corrected chi connectivity index (χ3v) is 4.30. The van der Waals surface area contributed by atoms with E-state index in [0.717, 1.165) is 5.56 Å². The van der Waals surface area contributed by atoms with E-state index >= 15 is 0 Å². The molecular weight excluding hydrogens is 322 g/mol. The van der Waals surface area contributed by atoms with E-state index in [0.29, 0.717) is 13.1 Å². The zero-order chi connectivity index (χ0) is 18.4. The number of carbonyl (C=O) groups excluding carboxylic acids is 2. The fourth-order valence-corrected chi connectivity index (χ4v) is 3.05. The van der Waals surface area contributed by atoms with E-state index < -0.39 is 12.0 Å². The summed E-state index contributed by atoms with van der Waals surface area (Å²) >= 11 is 0. The minimum absolute atomic E-state index is 0.0237. The third kappa shape index (κ3) is 5.29. The highest BCUT2D eigenvalue weighted by Gasteiger charge is 2.34. The van der Waals surface area contributed by atoms with Gasteiger partial charge in [-0.2, -0.15) is 0 Å². The van der Waals surface area contributed by atoms with Gasteiger partial charge in [0.2, 0.25) is 11.8 Å². The molecule has 0 aliphatic carbocycles. The van der Waals surface area contributed by atoms with Crippen molar-refractivity contribution >= 4 is 17.8 Å². The average Bonchev–Trinajstić information content (AvgIpc) is 2.56. The van der Waals surface area contributed by atoms with E-state index in [9.17, 15) is 14.4 Å². The first-order valence-electron chi connectivity index (χ1n) is 8.45. The molecule has 1 saturated heterocycles. The van der Waals surface area contributed by atoms with Gasteiger partial charge in [-0.15, -0.1) is 0 Å². The van der Waals surface area contributed by atoms with Crippen LogP contribution in [0, 0.1) is 0 Å². The van der Waals surface area contributed by atoms with Gasteiger partial charge in [-0.25, -0.2) is 0 Å². The predicted molar refractivity (Wildman–Crippen MR) is 92.8 cm³/mol. The molecule has 0 radical (unpaired) electrons. The van der Waals surface area contributed by atoms with Gasteiger partial charge in [-0.3, -0.25) is 19.3 Å². The van der Waals surface area contributed by atoms with Gasteiger partial charge in [0, 0.05) is 25.7 Å². The van der Waals surface area contributed by atoms with Crippen LogP contribution in [-0.4, -0.2) is 64.4 Å². The van der Waals surface area contributed by atoms with Crippen molar-refractivity contribution in [3.05, 3.63) is 35.9 Å². The van der Waals surface area contributed by atoms with E-state index in [-0.39, 0.29) is 37.4 Å². The SMILES string of the molecule is CC(C)N1CCNC(=O)C1CC(=O)N(CC(=O)O)Cc1ccccc1. The summed E-state index contributed by atoms with van der Waals surface area (Å²) in [4.78, 5) is 39.4. The molecule has 1 aliphatic rings. The molecule has 7 heteroatoms. The first-order valence-corrected chi connectivity index (χ1v) is 8.45. The largest absolute Gasteiger partial charge is 0.480 e. The maximum absolute atomic E-state index is 12.7. The number of nitrogens with one attached hydrogen (secondary N) is 1. The Morgan fingerprint density at radius 2 is 2.00 bits per heavy atom. The molecule has 2 N–H and O–H groups in total. The lowest BCUT2D eigenvalue weighted by atomic mass is 10.1. The highest BCUT2D eigenvalue weighted by Crippen LogP contribution is 2.15. The normalized spacial score (nSPS) is 18.0. The standard InChI is InChI=1S/C18H25N3O4/c1-13(2)21-9-8-19-18(25)15(21)10-16(22)20(12-17(23)24)11-14-6-4-3-5-7-14/h3-7,13,15H,8-12H2,1-2H3,(H,19,25)(H,23,24). The lowest BCUT2D eigenvalue weighted by Crippen LogP contribution is -2.58. The van der Waals surface area contributed by atoms with E-state index in [4.69, 9.17) is 5.11 Å². The summed E-state index contributed by atoms with van der Waals surface area (Å²) in [5.74, 6) is -1.58. The Hall–Kier alpha value is -2.41. The number of hydrogen-bond donors (Lipinski definition) is 2. The molecule has 0 bridgehead atoms. The van der Waals surface area contributed by atoms with Gasteiger partial charge in [-0.05, 0) is 19.4 Å². The lowest BCUT2D eigenvalue weighted by Gasteiger charge is -2.38. The zero-order valence-corrected chi connectivity index (χ0v) is 14.6. The van der Waals surface area contributed by atoms with Gasteiger partial charge < -0.3 is 15.3 Å². The van der Waals surface area contributed by atoms with Crippen molar-refractivity contribution < 1.29 is 19.5 Å². The second-order valence-electron chi connectivity index (χ2n) is 6.47. The number of hydrogen-bond acceptors (Lipinski definition) is 4. The summed E-state index contributed by atoms with van der Waals surface area (Å²) in [5.41, 5.74) is 0.853. The van der Waals surface area contributed by atoms with Crippen LogP contribution in [0.3, 0.4) is 0 Å². The first-order chi connectivity index (χ1) is 11.9. The predicted octanol–water partition coefficient (Wildman–Crippen LogP) is 0.699. The molecule has 0 spiro atoms. The fraction of sp³-hybridized carbons (Fsp3) is 0.500. The van der Waals surface area contributed by atoms with Crippen LogP contribution in [-0.2, 0) is 20.9 Å². The van der Waals surface area contributed by atoms with E-state index in [1.54, 1.807) is 0 Å². The minimum Gasteiger partial charge on any atom is -0.480 e. The number of carboxylic acids is 1. The number of benzene rings is 1. The van der Waals surface area contributed by atoms with Gasteiger partial charge in [0.05, 0.1) is 12.5 Å². The lowest BCUT2D eigenvalue weighted by molar-refractivity contribution is -0.146. The van der Waals surface area contributed by atoms with E-state index in [2.05, 4.69) is 5.32 Å². The van der Waals surface area contributed by atoms with E-state index in [1.165, 1.54) is 4.90 Å². The maximum atomic E-state index is 12.7. The summed E-state index contributed by atoms with van der Waals surface area (Å²) in [7, 11) is 0. The molecule has 1 heterocycles. The Kier molecular flexibility index (Phi) is 6.52. The van der Waals surface area contributed by atoms with Crippen molar-refractivity contribution in [1.82, 2.24) is 15.1 Å². The molecule has 0 aromatic heterocycles. The van der Waals surface area contributed by atoms with Crippen molar-refractivity contribution in [3.8, 4) is 0 Å². The molecule has 1 aromatic carbocycles. The monoisotopic (exact) mass is 347 g/mol. The minimum atomic E-state index is -1.07. The van der Waals surface area contributed by atoms with Gasteiger partial charge in [-0.1, -0.05) is 30.3 Å². The number of carboxylic acid groups (broad SMARTS) is 1. The van der Waals surface area contributed by atoms with Gasteiger partial charge in [0.1, 0.15) is 6.54 Å². The molecule has 7 nitrogen and oxygen atoms in total. The molecule has 1 unspecified atom stereocenters. The second kappa shape index (κ2) is 8.62. The Bertz CT molecular complexity index is 618. The molecule has 136 valence electrons. The fourth-order valence-electron chi connectivity index (χ4n) is 3.05. The number of carbonyl (C=O) groups is 3. The summed E-state index contributed by atoms with van der Waals surface area (Å²) in [6, 6.07) is 8.80. The van der Waals surface area contributed by atoms with Crippen molar-refractivity contribution in [2.45, 2.75) is 38.9 Å². The zero-order valence-electron chi connectivity index (χ0n) is 14.6. The molecule has 2 amide bonds. The third-order valence-electron chi connectivity index (χ3n) is 4.30. The molecule has 1 aromatic rings. The van der Waals surface area contributed by atoms with Crippen molar-refractivity contribution in [3.63, 3.8) is 0 Å². The number of nitrogens with zero attached hydrogens (tertiary/aromatic N) is 2. The van der Waals surface area contributed by atoms with Crippen LogP contribution < -0.4 is 5.32 Å².